The Morgan fingerprint density at radius 1 is 1.23 bits per heavy atom. The van der Waals surface area contributed by atoms with Crippen LogP contribution in [0.4, 0.5) is 0 Å². The topological polar surface area (TPSA) is 59.9 Å². The van der Waals surface area contributed by atoms with Crippen LogP contribution in [0.1, 0.15) is 49.5 Å². The molecule has 1 saturated carbocycles. The second-order valence-electron chi connectivity index (χ2n) is 7.16. The number of benzene rings is 1. The molecule has 1 aromatic carbocycles. The zero-order valence-corrected chi connectivity index (χ0v) is 15.2. The SMILES string of the molecule is CCOC(=O)c1cc2cc(-c3cnn(CC4CCCCC4)c3)ccc2[nH]1. The highest BCUT2D eigenvalue weighted by atomic mass is 16.5. The zero-order valence-electron chi connectivity index (χ0n) is 15.2. The fraction of sp³-hybridized carbons (Fsp3) is 0.429. The first kappa shape index (κ1) is 16.9. The van der Waals surface area contributed by atoms with Crippen LogP contribution >= 0.6 is 0 Å². The first-order chi connectivity index (χ1) is 12.7. The van der Waals surface area contributed by atoms with E-state index in [1.165, 1.54) is 32.1 Å². The molecule has 0 atom stereocenters. The lowest BCUT2D eigenvalue weighted by molar-refractivity contribution is 0.0520. The third-order valence-corrected chi connectivity index (χ3v) is 5.25. The van der Waals surface area contributed by atoms with E-state index in [1.807, 2.05) is 25.3 Å². The molecule has 1 fully saturated rings. The minimum atomic E-state index is -0.314. The summed E-state index contributed by atoms with van der Waals surface area (Å²) in [6, 6.07) is 8.02. The van der Waals surface area contributed by atoms with Crippen LogP contribution in [0.5, 0.6) is 0 Å². The molecule has 0 bridgehead atoms. The summed E-state index contributed by atoms with van der Waals surface area (Å²) in [5.74, 6) is 0.446. The second kappa shape index (κ2) is 7.36. The van der Waals surface area contributed by atoms with Crippen LogP contribution in [0.15, 0.2) is 36.7 Å². The quantitative estimate of drug-likeness (QED) is 0.672. The molecule has 0 amide bonds. The molecule has 3 aromatic rings. The maximum absolute atomic E-state index is 11.9. The number of H-pyrrole nitrogens is 1. The van der Waals surface area contributed by atoms with Crippen LogP contribution in [-0.2, 0) is 11.3 Å². The summed E-state index contributed by atoms with van der Waals surface area (Å²) in [6.45, 7) is 3.20. The minimum Gasteiger partial charge on any atom is -0.461 e. The number of carbonyl (C=O) groups is 1. The fourth-order valence-corrected chi connectivity index (χ4v) is 3.88. The average molecular weight is 351 g/mol. The molecule has 136 valence electrons. The summed E-state index contributed by atoms with van der Waals surface area (Å²) in [5, 5.41) is 5.56. The maximum atomic E-state index is 11.9. The summed E-state index contributed by atoms with van der Waals surface area (Å²) in [7, 11) is 0. The number of esters is 1. The Hall–Kier alpha value is -2.56. The predicted molar refractivity (Wildman–Crippen MR) is 102 cm³/mol. The van der Waals surface area contributed by atoms with Crippen molar-refractivity contribution in [3.05, 3.63) is 42.4 Å². The normalized spacial score (nSPS) is 15.4. The van der Waals surface area contributed by atoms with Gasteiger partial charge >= 0.3 is 5.97 Å². The molecule has 0 radical (unpaired) electrons. The number of carbonyl (C=O) groups excluding carboxylic acids is 1. The highest BCUT2D eigenvalue weighted by Crippen LogP contribution is 2.27. The Balaban J connectivity index is 1.53. The average Bonchev–Trinajstić information content (AvgIpc) is 3.29. The molecule has 5 nitrogen and oxygen atoms in total. The van der Waals surface area contributed by atoms with Crippen LogP contribution in [0.2, 0.25) is 0 Å². The van der Waals surface area contributed by atoms with E-state index in [0.29, 0.717) is 12.3 Å². The summed E-state index contributed by atoms with van der Waals surface area (Å²) in [6.07, 6.45) is 10.8. The molecule has 1 aliphatic carbocycles. The van der Waals surface area contributed by atoms with Gasteiger partial charge in [0.2, 0.25) is 0 Å². The van der Waals surface area contributed by atoms with Crippen LogP contribution < -0.4 is 0 Å². The Morgan fingerprint density at radius 3 is 2.88 bits per heavy atom. The standard InChI is InChI=1S/C21H25N3O2/c1-2-26-21(25)20-11-17-10-16(8-9-19(17)23-20)18-12-22-24(14-18)13-15-6-4-3-5-7-15/h8-12,14-15,23H,2-7,13H2,1H3. The van der Waals surface area contributed by atoms with E-state index < -0.39 is 0 Å². The van der Waals surface area contributed by atoms with Crippen molar-refractivity contribution < 1.29 is 9.53 Å². The van der Waals surface area contributed by atoms with E-state index in [9.17, 15) is 4.79 Å². The Bertz CT molecular complexity index is 903. The summed E-state index contributed by atoms with van der Waals surface area (Å²) in [4.78, 5) is 15.0. The van der Waals surface area contributed by atoms with Crippen molar-refractivity contribution in [2.24, 2.45) is 5.92 Å². The fourth-order valence-electron chi connectivity index (χ4n) is 3.88. The molecule has 2 heterocycles. The number of rotatable bonds is 5. The van der Waals surface area contributed by atoms with Gasteiger partial charge in [0.15, 0.2) is 0 Å². The number of hydrogen-bond donors (Lipinski definition) is 1. The number of fused-ring (bicyclic) bond motifs is 1. The molecule has 1 N–H and O–H groups in total. The van der Waals surface area contributed by atoms with Gasteiger partial charge in [0, 0.05) is 29.2 Å². The molecule has 1 aliphatic rings. The van der Waals surface area contributed by atoms with Gasteiger partial charge in [-0.05, 0) is 49.4 Å². The third kappa shape index (κ3) is 3.52. The van der Waals surface area contributed by atoms with Crippen molar-refractivity contribution in [3.8, 4) is 11.1 Å². The largest absolute Gasteiger partial charge is 0.461 e. The highest BCUT2D eigenvalue weighted by molar-refractivity contribution is 5.96. The minimum absolute atomic E-state index is 0.314. The van der Waals surface area contributed by atoms with E-state index >= 15 is 0 Å². The number of nitrogens with one attached hydrogen (secondary N) is 1. The number of aromatic nitrogens is 3. The van der Waals surface area contributed by atoms with E-state index in [0.717, 1.165) is 34.5 Å². The Labute approximate surface area is 153 Å². The predicted octanol–water partition coefficient (Wildman–Crippen LogP) is 4.79. The van der Waals surface area contributed by atoms with Crippen LogP contribution in [0.25, 0.3) is 22.0 Å². The van der Waals surface area contributed by atoms with Crippen molar-refractivity contribution >= 4 is 16.9 Å². The summed E-state index contributed by atoms with van der Waals surface area (Å²) in [5.41, 5.74) is 3.65. The van der Waals surface area contributed by atoms with Gasteiger partial charge in [-0.2, -0.15) is 5.10 Å². The lowest BCUT2D eigenvalue weighted by Crippen LogP contribution is -2.14. The van der Waals surface area contributed by atoms with Gasteiger partial charge in [-0.1, -0.05) is 25.3 Å². The lowest BCUT2D eigenvalue weighted by Gasteiger charge is -2.21. The van der Waals surface area contributed by atoms with Crippen LogP contribution in [0, 0.1) is 5.92 Å². The molecule has 5 heteroatoms. The van der Waals surface area contributed by atoms with Crippen molar-refractivity contribution in [3.63, 3.8) is 0 Å². The van der Waals surface area contributed by atoms with E-state index in [4.69, 9.17) is 4.74 Å². The van der Waals surface area contributed by atoms with Gasteiger partial charge in [0.1, 0.15) is 5.69 Å². The van der Waals surface area contributed by atoms with Gasteiger partial charge in [-0.25, -0.2) is 4.79 Å². The number of hydrogen-bond acceptors (Lipinski definition) is 3. The van der Waals surface area contributed by atoms with Crippen LogP contribution in [0.3, 0.4) is 0 Å². The second-order valence-corrected chi connectivity index (χ2v) is 7.16. The highest BCUT2D eigenvalue weighted by Gasteiger charge is 2.15. The van der Waals surface area contributed by atoms with Gasteiger partial charge in [0.05, 0.1) is 12.8 Å². The summed E-state index contributed by atoms with van der Waals surface area (Å²) >= 11 is 0. The molecule has 26 heavy (non-hydrogen) atoms. The van der Waals surface area contributed by atoms with E-state index in [1.54, 1.807) is 0 Å². The van der Waals surface area contributed by atoms with Crippen molar-refractivity contribution in [1.82, 2.24) is 14.8 Å². The van der Waals surface area contributed by atoms with E-state index in [-0.39, 0.29) is 5.97 Å². The molecular weight excluding hydrogens is 326 g/mol. The van der Waals surface area contributed by atoms with Gasteiger partial charge in [-0.3, -0.25) is 4.68 Å². The van der Waals surface area contributed by atoms with Crippen LogP contribution in [-0.4, -0.2) is 27.3 Å². The summed E-state index contributed by atoms with van der Waals surface area (Å²) < 4.78 is 7.14. The smallest absolute Gasteiger partial charge is 0.354 e. The third-order valence-electron chi connectivity index (χ3n) is 5.25. The number of ether oxygens (including phenoxy) is 1. The monoisotopic (exact) mass is 351 g/mol. The first-order valence-corrected chi connectivity index (χ1v) is 9.55. The maximum Gasteiger partial charge on any atom is 0.354 e. The Kier molecular flexibility index (Phi) is 4.78. The number of nitrogens with zero attached hydrogens (tertiary/aromatic N) is 2. The molecule has 0 saturated heterocycles. The zero-order chi connectivity index (χ0) is 17.9. The van der Waals surface area contributed by atoms with Crippen molar-refractivity contribution in [1.29, 1.82) is 0 Å². The number of aromatic amines is 1. The molecule has 0 aliphatic heterocycles. The van der Waals surface area contributed by atoms with Gasteiger partial charge in [0.25, 0.3) is 0 Å². The molecule has 0 spiro atoms. The van der Waals surface area contributed by atoms with Gasteiger partial charge in [-0.15, -0.1) is 0 Å². The first-order valence-electron chi connectivity index (χ1n) is 9.55. The van der Waals surface area contributed by atoms with E-state index in [2.05, 4.69) is 33.1 Å². The molecule has 0 unspecified atom stereocenters. The van der Waals surface area contributed by atoms with Gasteiger partial charge < -0.3 is 9.72 Å². The molecule has 4 rings (SSSR count). The van der Waals surface area contributed by atoms with Crippen molar-refractivity contribution in [2.75, 3.05) is 6.61 Å². The molecule has 2 aromatic heterocycles. The van der Waals surface area contributed by atoms with Crippen molar-refractivity contribution in [2.45, 2.75) is 45.6 Å². The Morgan fingerprint density at radius 2 is 2.08 bits per heavy atom. The lowest BCUT2D eigenvalue weighted by atomic mass is 9.89. The molecular formula is C21H25N3O2.